The van der Waals surface area contributed by atoms with E-state index >= 15 is 0 Å². The van der Waals surface area contributed by atoms with Gasteiger partial charge in [-0.25, -0.2) is 13.2 Å². The molecule has 21 heavy (non-hydrogen) atoms. The van der Waals surface area contributed by atoms with Crippen LogP contribution in [0.15, 0.2) is 42.5 Å². The molecule has 0 amide bonds. The normalized spacial score (nSPS) is 13.2. The minimum absolute atomic E-state index is 0.0521. The number of aliphatic hydroxyl groups is 1. The first-order valence-corrected chi connectivity index (χ1v) is 6.69. The molecule has 2 rings (SSSR count). The summed E-state index contributed by atoms with van der Waals surface area (Å²) < 4.78 is 39.5. The van der Waals surface area contributed by atoms with E-state index in [1.807, 2.05) is 0 Å². The molecule has 112 valence electrons. The van der Waals surface area contributed by atoms with Gasteiger partial charge in [0.2, 0.25) is 0 Å². The van der Waals surface area contributed by atoms with Crippen molar-refractivity contribution in [1.82, 2.24) is 0 Å². The Labute approximate surface area is 122 Å². The summed E-state index contributed by atoms with van der Waals surface area (Å²) in [4.78, 5) is 0. The molecule has 0 heterocycles. The Balaban J connectivity index is 2.21. The van der Waals surface area contributed by atoms with Crippen molar-refractivity contribution in [3.8, 4) is 0 Å². The van der Waals surface area contributed by atoms with E-state index in [9.17, 15) is 18.3 Å². The fraction of sp³-hybridized carbons (Fsp3) is 0.294. The average Bonchev–Trinajstić information content (AvgIpc) is 2.42. The van der Waals surface area contributed by atoms with Crippen molar-refractivity contribution in [2.24, 2.45) is 0 Å². The van der Waals surface area contributed by atoms with Gasteiger partial charge in [0.1, 0.15) is 17.5 Å². The van der Waals surface area contributed by atoms with Crippen molar-refractivity contribution < 1.29 is 18.3 Å². The molecule has 2 aromatic carbocycles. The highest BCUT2D eigenvalue weighted by Gasteiger charge is 2.30. The summed E-state index contributed by atoms with van der Waals surface area (Å²) in [7, 11) is 0. The van der Waals surface area contributed by atoms with Gasteiger partial charge in [0, 0.05) is 17.9 Å². The zero-order valence-corrected chi connectivity index (χ0v) is 11.9. The van der Waals surface area contributed by atoms with Crippen LogP contribution < -0.4 is 0 Å². The Hall–Kier alpha value is -1.81. The van der Waals surface area contributed by atoms with E-state index in [1.165, 1.54) is 18.2 Å². The van der Waals surface area contributed by atoms with Gasteiger partial charge in [0.15, 0.2) is 0 Å². The lowest BCUT2D eigenvalue weighted by molar-refractivity contribution is 0.0990. The molecule has 0 aliphatic heterocycles. The van der Waals surface area contributed by atoms with Gasteiger partial charge in [-0.1, -0.05) is 32.0 Å². The fourth-order valence-electron chi connectivity index (χ4n) is 2.22. The number of aliphatic hydroxyl groups excluding tert-OH is 1. The molecule has 1 N–H and O–H groups in total. The molecule has 0 bridgehead atoms. The molecule has 0 aliphatic rings. The summed E-state index contributed by atoms with van der Waals surface area (Å²) in [6.45, 7) is 3.60. The second-order valence-electron chi connectivity index (χ2n) is 5.68. The van der Waals surface area contributed by atoms with Crippen molar-refractivity contribution in [3.05, 3.63) is 71.0 Å². The fourth-order valence-corrected chi connectivity index (χ4v) is 2.22. The zero-order valence-electron chi connectivity index (χ0n) is 11.9. The van der Waals surface area contributed by atoms with Crippen molar-refractivity contribution in [2.45, 2.75) is 31.8 Å². The van der Waals surface area contributed by atoms with Gasteiger partial charge in [-0.15, -0.1) is 0 Å². The minimum atomic E-state index is -0.886. The molecule has 4 heteroatoms. The maximum absolute atomic E-state index is 13.7. The lowest BCUT2D eigenvalue weighted by Crippen LogP contribution is -2.35. The second kappa shape index (κ2) is 5.90. The van der Waals surface area contributed by atoms with Crippen LogP contribution in [0.25, 0.3) is 0 Å². The van der Waals surface area contributed by atoms with E-state index in [0.717, 1.165) is 17.7 Å². The van der Waals surface area contributed by atoms with Gasteiger partial charge in [-0.3, -0.25) is 0 Å². The summed E-state index contributed by atoms with van der Waals surface area (Å²) in [5.74, 6) is -1.68. The summed E-state index contributed by atoms with van der Waals surface area (Å²) in [6, 6.07) is 9.13. The van der Waals surface area contributed by atoms with E-state index in [-0.39, 0.29) is 17.8 Å². The minimum Gasteiger partial charge on any atom is -0.392 e. The van der Waals surface area contributed by atoms with E-state index < -0.39 is 23.2 Å². The topological polar surface area (TPSA) is 20.2 Å². The predicted molar refractivity (Wildman–Crippen MR) is 75.5 cm³/mol. The van der Waals surface area contributed by atoms with Gasteiger partial charge >= 0.3 is 0 Å². The molecule has 0 saturated carbocycles. The third kappa shape index (κ3) is 3.45. The lowest BCUT2D eigenvalue weighted by Gasteiger charge is -2.31. The Bertz CT molecular complexity index is 620. The molecule has 1 nitrogen and oxygen atoms in total. The smallest absolute Gasteiger partial charge is 0.129 e. The summed E-state index contributed by atoms with van der Waals surface area (Å²) in [6.07, 6.45) is -0.834. The van der Waals surface area contributed by atoms with Crippen molar-refractivity contribution in [2.75, 3.05) is 0 Å². The first kappa shape index (κ1) is 15.6. The largest absolute Gasteiger partial charge is 0.392 e. The van der Waals surface area contributed by atoms with Gasteiger partial charge in [0.05, 0.1) is 6.10 Å². The van der Waals surface area contributed by atoms with Gasteiger partial charge in [-0.05, 0) is 29.3 Å². The summed E-state index contributed by atoms with van der Waals surface area (Å²) in [5, 5.41) is 10.4. The molecule has 0 spiro atoms. The maximum atomic E-state index is 13.7. The molecule has 0 fully saturated rings. The van der Waals surface area contributed by atoms with Crippen molar-refractivity contribution >= 4 is 0 Å². The molecule has 0 aliphatic carbocycles. The molecule has 2 aromatic rings. The summed E-state index contributed by atoms with van der Waals surface area (Å²) in [5.41, 5.74) is 0.312. The quantitative estimate of drug-likeness (QED) is 0.904. The molecule has 1 unspecified atom stereocenters. The van der Waals surface area contributed by atoms with E-state index in [1.54, 1.807) is 26.0 Å². The number of benzene rings is 2. The Morgan fingerprint density at radius 3 is 2.10 bits per heavy atom. The molecular formula is C17H17F3O. The molecule has 0 aromatic heterocycles. The van der Waals surface area contributed by atoms with Crippen LogP contribution in [0.2, 0.25) is 0 Å². The van der Waals surface area contributed by atoms with Crippen LogP contribution in [0.4, 0.5) is 13.2 Å². The molecule has 1 atom stereocenters. The van der Waals surface area contributed by atoms with Crippen molar-refractivity contribution in [1.29, 1.82) is 0 Å². The van der Waals surface area contributed by atoms with E-state index in [4.69, 9.17) is 0 Å². The Morgan fingerprint density at radius 1 is 0.952 bits per heavy atom. The highest BCUT2D eigenvalue weighted by molar-refractivity contribution is 5.28. The third-order valence-electron chi connectivity index (χ3n) is 3.85. The van der Waals surface area contributed by atoms with Crippen LogP contribution in [0.3, 0.4) is 0 Å². The highest BCUT2D eigenvalue weighted by atomic mass is 19.1. The molecular weight excluding hydrogens is 277 g/mol. The van der Waals surface area contributed by atoms with Gasteiger partial charge in [0.25, 0.3) is 0 Å². The number of hydrogen-bond donors (Lipinski definition) is 1. The van der Waals surface area contributed by atoms with Crippen LogP contribution in [-0.4, -0.2) is 11.2 Å². The second-order valence-corrected chi connectivity index (χ2v) is 5.68. The lowest BCUT2D eigenvalue weighted by atomic mass is 9.77. The number of hydrogen-bond acceptors (Lipinski definition) is 1. The maximum Gasteiger partial charge on any atom is 0.129 e. The Morgan fingerprint density at radius 2 is 1.52 bits per heavy atom. The number of rotatable bonds is 4. The van der Waals surface area contributed by atoms with Crippen LogP contribution in [-0.2, 0) is 11.8 Å². The SMILES string of the molecule is CC(C)(c1ccc(F)cc1)C(O)Cc1ccc(F)cc1F. The number of halogens is 3. The van der Waals surface area contributed by atoms with Crippen LogP contribution in [0.1, 0.15) is 25.0 Å². The zero-order chi connectivity index (χ0) is 15.6. The van der Waals surface area contributed by atoms with E-state index in [0.29, 0.717) is 0 Å². The predicted octanol–water partition coefficient (Wildman–Crippen LogP) is 3.99. The van der Waals surface area contributed by atoms with Crippen LogP contribution >= 0.6 is 0 Å². The monoisotopic (exact) mass is 294 g/mol. The van der Waals surface area contributed by atoms with Gasteiger partial charge in [-0.2, -0.15) is 0 Å². The molecule has 0 saturated heterocycles. The first-order chi connectivity index (χ1) is 9.80. The standard InChI is InChI=1S/C17H17F3O/c1-17(2,12-4-7-13(18)8-5-12)16(21)9-11-3-6-14(19)10-15(11)20/h3-8,10,16,21H,9H2,1-2H3. The van der Waals surface area contributed by atoms with Crippen LogP contribution in [0, 0.1) is 17.5 Å². The average molecular weight is 294 g/mol. The van der Waals surface area contributed by atoms with Gasteiger partial charge < -0.3 is 5.11 Å². The Kier molecular flexibility index (Phi) is 4.37. The molecule has 0 radical (unpaired) electrons. The third-order valence-corrected chi connectivity index (χ3v) is 3.85. The first-order valence-electron chi connectivity index (χ1n) is 6.69. The summed E-state index contributed by atoms with van der Waals surface area (Å²) >= 11 is 0. The highest BCUT2D eigenvalue weighted by Crippen LogP contribution is 2.29. The van der Waals surface area contributed by atoms with Crippen molar-refractivity contribution in [3.63, 3.8) is 0 Å². The van der Waals surface area contributed by atoms with Crippen LogP contribution in [0.5, 0.6) is 0 Å². The van der Waals surface area contributed by atoms with E-state index in [2.05, 4.69) is 0 Å².